The monoisotopic (exact) mass is 296 g/mol. The zero-order valence-electron chi connectivity index (χ0n) is 10.9. The summed E-state index contributed by atoms with van der Waals surface area (Å²) in [6.07, 6.45) is 0.712. The van der Waals surface area contributed by atoms with Crippen LogP contribution in [0.4, 0.5) is 14.5 Å². The predicted octanol–water partition coefficient (Wildman–Crippen LogP) is 2.92. The van der Waals surface area contributed by atoms with Gasteiger partial charge in [0.2, 0.25) is 0 Å². The minimum atomic E-state index is -1.07. The summed E-state index contributed by atoms with van der Waals surface area (Å²) < 4.78 is 26.2. The molecule has 1 amide bonds. The molecule has 0 aliphatic heterocycles. The Hall–Kier alpha value is -1.95. The van der Waals surface area contributed by atoms with Crippen LogP contribution in [0.15, 0.2) is 29.6 Å². The number of nitrogen functional groups attached to an aromatic ring is 1. The van der Waals surface area contributed by atoms with Crippen LogP contribution in [0, 0.1) is 11.6 Å². The van der Waals surface area contributed by atoms with Crippen molar-refractivity contribution in [3.05, 3.63) is 51.7 Å². The average Bonchev–Trinajstić information content (AvgIpc) is 2.92. The van der Waals surface area contributed by atoms with Crippen molar-refractivity contribution in [3.63, 3.8) is 0 Å². The Kier molecular flexibility index (Phi) is 4.34. The van der Waals surface area contributed by atoms with Crippen molar-refractivity contribution in [2.24, 2.45) is 0 Å². The third-order valence-corrected chi connectivity index (χ3v) is 3.88. The number of thiophene rings is 1. The first kappa shape index (κ1) is 14.5. The Morgan fingerprint density at radius 3 is 2.70 bits per heavy atom. The Balaban J connectivity index is 2.08. The van der Waals surface area contributed by atoms with Crippen molar-refractivity contribution in [2.45, 2.75) is 6.42 Å². The summed E-state index contributed by atoms with van der Waals surface area (Å²) in [6, 6.07) is 5.59. The van der Waals surface area contributed by atoms with Gasteiger partial charge in [-0.1, -0.05) is 6.07 Å². The van der Waals surface area contributed by atoms with E-state index in [1.807, 2.05) is 17.5 Å². The summed E-state index contributed by atoms with van der Waals surface area (Å²) in [4.78, 5) is 14.8. The smallest absolute Gasteiger partial charge is 0.255 e. The van der Waals surface area contributed by atoms with Crippen molar-refractivity contribution in [1.82, 2.24) is 4.90 Å². The van der Waals surface area contributed by atoms with E-state index in [0.717, 1.165) is 17.0 Å². The number of likely N-dealkylation sites (N-methyl/N-ethyl adjacent to an activating group) is 1. The fourth-order valence-corrected chi connectivity index (χ4v) is 2.49. The molecule has 0 atom stereocenters. The zero-order valence-corrected chi connectivity index (χ0v) is 11.7. The predicted molar refractivity (Wildman–Crippen MR) is 75.8 cm³/mol. The number of hydrogen-bond acceptors (Lipinski definition) is 3. The molecular formula is C14H14F2N2OS. The van der Waals surface area contributed by atoms with Gasteiger partial charge >= 0.3 is 0 Å². The van der Waals surface area contributed by atoms with Crippen LogP contribution in [0.25, 0.3) is 0 Å². The number of carbonyl (C=O) groups excluding carboxylic acids is 1. The lowest BCUT2D eigenvalue weighted by molar-refractivity contribution is 0.0797. The molecule has 20 heavy (non-hydrogen) atoms. The maximum atomic E-state index is 13.2. The molecule has 0 spiro atoms. The van der Waals surface area contributed by atoms with Gasteiger partial charge in [-0.15, -0.1) is 11.3 Å². The molecule has 0 fully saturated rings. The second kappa shape index (κ2) is 6.00. The van der Waals surface area contributed by atoms with Gasteiger partial charge in [-0.05, 0) is 23.9 Å². The maximum absolute atomic E-state index is 13.2. The van der Waals surface area contributed by atoms with Gasteiger partial charge in [0.05, 0.1) is 5.56 Å². The van der Waals surface area contributed by atoms with Crippen LogP contribution in [0.2, 0.25) is 0 Å². The normalized spacial score (nSPS) is 10.6. The van der Waals surface area contributed by atoms with E-state index in [4.69, 9.17) is 5.73 Å². The average molecular weight is 296 g/mol. The maximum Gasteiger partial charge on any atom is 0.255 e. The number of hydrogen-bond donors (Lipinski definition) is 1. The Morgan fingerprint density at radius 2 is 2.05 bits per heavy atom. The Bertz CT molecular complexity index is 614. The van der Waals surface area contributed by atoms with Crippen molar-refractivity contribution in [2.75, 3.05) is 19.3 Å². The number of amides is 1. The topological polar surface area (TPSA) is 46.3 Å². The lowest BCUT2D eigenvalue weighted by Crippen LogP contribution is -2.29. The van der Waals surface area contributed by atoms with E-state index >= 15 is 0 Å². The van der Waals surface area contributed by atoms with Gasteiger partial charge in [0, 0.05) is 30.2 Å². The highest BCUT2D eigenvalue weighted by atomic mass is 32.1. The van der Waals surface area contributed by atoms with Crippen LogP contribution in [0.1, 0.15) is 15.2 Å². The molecular weight excluding hydrogens is 282 g/mol. The standard InChI is InChI=1S/C14H14F2N2OS/c1-18(5-4-9-3-2-6-20-9)14(19)10-7-11(15)12(16)8-13(10)17/h2-3,6-8H,4-5,17H2,1H3. The lowest BCUT2D eigenvalue weighted by atomic mass is 10.1. The second-order valence-corrected chi connectivity index (χ2v) is 5.44. The van der Waals surface area contributed by atoms with Crippen LogP contribution >= 0.6 is 11.3 Å². The summed E-state index contributed by atoms with van der Waals surface area (Å²) >= 11 is 1.61. The molecule has 0 saturated carbocycles. The third kappa shape index (κ3) is 3.14. The minimum Gasteiger partial charge on any atom is -0.398 e. The molecule has 3 nitrogen and oxygen atoms in total. The number of nitrogens with two attached hydrogens (primary N) is 1. The van der Waals surface area contributed by atoms with E-state index in [1.165, 1.54) is 4.90 Å². The summed E-state index contributed by atoms with van der Waals surface area (Å²) in [6.45, 7) is 0.484. The van der Waals surface area contributed by atoms with Crippen LogP contribution in [-0.4, -0.2) is 24.4 Å². The van der Waals surface area contributed by atoms with Crippen molar-refractivity contribution >= 4 is 22.9 Å². The van der Waals surface area contributed by atoms with Gasteiger partial charge in [0.1, 0.15) is 0 Å². The highest BCUT2D eigenvalue weighted by Gasteiger charge is 2.17. The van der Waals surface area contributed by atoms with E-state index in [0.29, 0.717) is 13.0 Å². The first-order valence-electron chi connectivity index (χ1n) is 6.01. The van der Waals surface area contributed by atoms with E-state index in [-0.39, 0.29) is 11.3 Å². The van der Waals surface area contributed by atoms with Crippen molar-refractivity contribution in [1.29, 1.82) is 0 Å². The lowest BCUT2D eigenvalue weighted by Gasteiger charge is -2.18. The van der Waals surface area contributed by atoms with Gasteiger partial charge in [-0.3, -0.25) is 4.79 Å². The van der Waals surface area contributed by atoms with Gasteiger partial charge in [0.25, 0.3) is 5.91 Å². The van der Waals surface area contributed by atoms with Crippen LogP contribution in [0.3, 0.4) is 0 Å². The van der Waals surface area contributed by atoms with E-state index in [9.17, 15) is 13.6 Å². The fourth-order valence-electron chi connectivity index (χ4n) is 1.79. The Morgan fingerprint density at radius 1 is 1.35 bits per heavy atom. The molecule has 0 aliphatic rings. The Labute approximate surface area is 119 Å². The number of anilines is 1. The SMILES string of the molecule is CN(CCc1cccs1)C(=O)c1cc(F)c(F)cc1N. The molecule has 2 rings (SSSR count). The molecule has 1 aromatic carbocycles. The summed E-state index contributed by atoms with van der Waals surface area (Å²) in [5, 5.41) is 1.96. The summed E-state index contributed by atoms with van der Waals surface area (Å²) in [5.74, 6) is -2.55. The highest BCUT2D eigenvalue weighted by molar-refractivity contribution is 7.09. The fraction of sp³-hybridized carbons (Fsp3) is 0.214. The van der Waals surface area contributed by atoms with Crippen LogP contribution < -0.4 is 5.73 Å². The number of benzene rings is 1. The molecule has 0 aliphatic carbocycles. The largest absolute Gasteiger partial charge is 0.398 e. The second-order valence-electron chi connectivity index (χ2n) is 4.41. The van der Waals surface area contributed by atoms with Gasteiger partial charge in [-0.25, -0.2) is 8.78 Å². The number of halogens is 2. The summed E-state index contributed by atoms with van der Waals surface area (Å²) in [7, 11) is 1.61. The molecule has 6 heteroatoms. The molecule has 1 aromatic heterocycles. The minimum absolute atomic E-state index is 0.0161. The first-order chi connectivity index (χ1) is 9.49. The summed E-state index contributed by atoms with van der Waals surface area (Å²) in [5.41, 5.74) is 5.49. The molecule has 0 saturated heterocycles. The third-order valence-electron chi connectivity index (χ3n) is 2.94. The van der Waals surface area contributed by atoms with Gasteiger partial charge in [-0.2, -0.15) is 0 Å². The van der Waals surface area contributed by atoms with E-state index in [1.54, 1.807) is 18.4 Å². The van der Waals surface area contributed by atoms with E-state index < -0.39 is 17.5 Å². The zero-order chi connectivity index (χ0) is 14.7. The molecule has 0 unspecified atom stereocenters. The molecule has 2 aromatic rings. The van der Waals surface area contributed by atoms with E-state index in [2.05, 4.69) is 0 Å². The molecule has 0 radical (unpaired) electrons. The molecule has 106 valence electrons. The first-order valence-corrected chi connectivity index (χ1v) is 6.89. The van der Waals surface area contributed by atoms with Gasteiger partial charge in [0.15, 0.2) is 11.6 Å². The number of nitrogens with zero attached hydrogens (tertiary/aromatic N) is 1. The molecule has 1 heterocycles. The molecule has 0 bridgehead atoms. The number of rotatable bonds is 4. The quantitative estimate of drug-likeness (QED) is 0.882. The van der Waals surface area contributed by atoms with Crippen LogP contribution in [0.5, 0.6) is 0 Å². The van der Waals surface area contributed by atoms with Crippen molar-refractivity contribution in [3.8, 4) is 0 Å². The number of carbonyl (C=O) groups is 1. The highest BCUT2D eigenvalue weighted by Crippen LogP contribution is 2.19. The van der Waals surface area contributed by atoms with Crippen LogP contribution in [-0.2, 0) is 6.42 Å². The van der Waals surface area contributed by atoms with Crippen molar-refractivity contribution < 1.29 is 13.6 Å². The van der Waals surface area contributed by atoms with Gasteiger partial charge < -0.3 is 10.6 Å². The molecule has 2 N–H and O–H groups in total.